The lowest BCUT2D eigenvalue weighted by Crippen LogP contribution is -2.32. The number of hydrogen-bond donors (Lipinski definition) is 2. The number of benzene rings is 1. The predicted octanol–water partition coefficient (Wildman–Crippen LogP) is 3.32. The molecule has 0 unspecified atom stereocenters. The third-order valence-electron chi connectivity index (χ3n) is 3.33. The van der Waals surface area contributed by atoms with Gasteiger partial charge in [-0.3, -0.25) is 0 Å². The first-order chi connectivity index (χ1) is 9.34. The van der Waals surface area contributed by atoms with E-state index in [0.717, 1.165) is 18.8 Å². The molecule has 0 amide bonds. The van der Waals surface area contributed by atoms with Crippen LogP contribution < -0.4 is 10.6 Å². The number of thiocarbonyl (C=S) groups is 1. The van der Waals surface area contributed by atoms with Crippen LogP contribution >= 0.6 is 12.2 Å². The first-order valence-corrected chi connectivity index (χ1v) is 7.47. The Bertz CT molecular complexity index is 377. The van der Waals surface area contributed by atoms with Gasteiger partial charge in [-0.15, -0.1) is 0 Å². The third kappa shape index (κ3) is 5.57. The van der Waals surface area contributed by atoms with E-state index < -0.39 is 0 Å². The van der Waals surface area contributed by atoms with Gasteiger partial charge in [-0.1, -0.05) is 37.5 Å². The topological polar surface area (TPSA) is 33.3 Å². The monoisotopic (exact) mass is 278 g/mol. The Labute approximate surface area is 120 Å². The summed E-state index contributed by atoms with van der Waals surface area (Å²) in [7, 11) is 0. The number of para-hydroxylation sites is 1. The van der Waals surface area contributed by atoms with E-state index in [-0.39, 0.29) is 0 Å². The second kappa shape index (κ2) is 8.12. The van der Waals surface area contributed by atoms with E-state index in [1.54, 1.807) is 0 Å². The summed E-state index contributed by atoms with van der Waals surface area (Å²) in [4.78, 5) is 0. The molecule has 1 aliphatic rings. The van der Waals surface area contributed by atoms with E-state index in [2.05, 4.69) is 10.6 Å². The van der Waals surface area contributed by atoms with Crippen molar-refractivity contribution >= 4 is 23.0 Å². The summed E-state index contributed by atoms with van der Waals surface area (Å²) >= 11 is 5.23. The summed E-state index contributed by atoms with van der Waals surface area (Å²) in [6, 6.07) is 9.94. The molecular formula is C15H22N2OS. The van der Waals surface area contributed by atoms with Crippen molar-refractivity contribution in [2.45, 2.75) is 38.2 Å². The standard InChI is InChI=1S/C15H22N2OS/c19-15(17-13-7-3-1-4-8-13)16-11-12-18-14-9-5-2-6-10-14/h1,3-4,7-8,14H,2,5-6,9-12H2,(H2,16,17,19). The summed E-state index contributed by atoms with van der Waals surface area (Å²) in [5, 5.41) is 6.96. The van der Waals surface area contributed by atoms with Crippen LogP contribution in [0.2, 0.25) is 0 Å². The van der Waals surface area contributed by atoms with Crippen molar-refractivity contribution < 1.29 is 4.74 Å². The fraction of sp³-hybridized carbons (Fsp3) is 0.533. The Hall–Kier alpha value is -1.13. The fourth-order valence-corrected chi connectivity index (χ4v) is 2.54. The van der Waals surface area contributed by atoms with Gasteiger partial charge in [0, 0.05) is 12.2 Å². The minimum atomic E-state index is 0.464. The van der Waals surface area contributed by atoms with E-state index in [0.29, 0.717) is 11.2 Å². The zero-order valence-electron chi connectivity index (χ0n) is 11.2. The summed E-state index contributed by atoms with van der Waals surface area (Å²) in [6.07, 6.45) is 6.88. The van der Waals surface area contributed by atoms with Gasteiger partial charge in [0.05, 0.1) is 12.7 Å². The maximum Gasteiger partial charge on any atom is 0.170 e. The Morgan fingerprint density at radius 2 is 1.89 bits per heavy atom. The van der Waals surface area contributed by atoms with Gasteiger partial charge < -0.3 is 15.4 Å². The second-order valence-electron chi connectivity index (χ2n) is 4.88. The van der Waals surface area contributed by atoms with Gasteiger partial charge in [0.2, 0.25) is 0 Å². The van der Waals surface area contributed by atoms with Crippen LogP contribution in [0, 0.1) is 0 Å². The molecule has 1 aromatic rings. The first kappa shape index (κ1) is 14.3. The molecule has 0 aromatic heterocycles. The number of hydrogen-bond acceptors (Lipinski definition) is 2. The van der Waals surface area contributed by atoms with Crippen LogP contribution in [0.15, 0.2) is 30.3 Å². The molecule has 1 saturated carbocycles. The first-order valence-electron chi connectivity index (χ1n) is 7.06. The van der Waals surface area contributed by atoms with Crippen LogP contribution in [0.3, 0.4) is 0 Å². The number of anilines is 1. The lowest BCUT2D eigenvalue weighted by Gasteiger charge is -2.22. The van der Waals surface area contributed by atoms with Crippen molar-refractivity contribution in [3.8, 4) is 0 Å². The Kier molecular flexibility index (Phi) is 6.11. The Morgan fingerprint density at radius 3 is 2.63 bits per heavy atom. The molecule has 0 aliphatic heterocycles. The molecule has 104 valence electrons. The highest BCUT2D eigenvalue weighted by Crippen LogP contribution is 2.19. The number of nitrogens with one attached hydrogen (secondary N) is 2. The normalized spacial score (nSPS) is 16.0. The Morgan fingerprint density at radius 1 is 1.16 bits per heavy atom. The largest absolute Gasteiger partial charge is 0.376 e. The smallest absolute Gasteiger partial charge is 0.170 e. The van der Waals surface area contributed by atoms with Gasteiger partial charge in [0.25, 0.3) is 0 Å². The summed E-state index contributed by atoms with van der Waals surface area (Å²) < 4.78 is 5.83. The van der Waals surface area contributed by atoms with Crippen LogP contribution in [0.25, 0.3) is 0 Å². The molecule has 0 atom stereocenters. The molecule has 0 radical (unpaired) electrons. The molecule has 1 fully saturated rings. The van der Waals surface area contributed by atoms with Gasteiger partial charge in [0.15, 0.2) is 5.11 Å². The zero-order valence-corrected chi connectivity index (χ0v) is 12.0. The van der Waals surface area contributed by atoms with Crippen molar-refractivity contribution in [3.63, 3.8) is 0 Å². The molecular weight excluding hydrogens is 256 g/mol. The van der Waals surface area contributed by atoms with E-state index in [1.165, 1.54) is 32.1 Å². The van der Waals surface area contributed by atoms with Gasteiger partial charge in [-0.05, 0) is 37.2 Å². The Balaban J connectivity index is 1.56. The molecule has 19 heavy (non-hydrogen) atoms. The number of rotatable bonds is 5. The summed E-state index contributed by atoms with van der Waals surface area (Å²) in [5.74, 6) is 0. The molecule has 0 bridgehead atoms. The average Bonchev–Trinajstić information content (AvgIpc) is 2.46. The SMILES string of the molecule is S=C(NCCOC1CCCCC1)Nc1ccccc1. The minimum absolute atomic E-state index is 0.464. The zero-order chi connectivity index (χ0) is 13.3. The highest BCUT2D eigenvalue weighted by Gasteiger charge is 2.12. The van der Waals surface area contributed by atoms with E-state index in [9.17, 15) is 0 Å². The third-order valence-corrected chi connectivity index (χ3v) is 3.57. The quantitative estimate of drug-likeness (QED) is 0.639. The van der Waals surface area contributed by atoms with Crippen LogP contribution in [-0.2, 0) is 4.74 Å². The van der Waals surface area contributed by atoms with E-state index in [1.807, 2.05) is 30.3 Å². The van der Waals surface area contributed by atoms with Gasteiger partial charge in [0.1, 0.15) is 0 Å². The summed E-state index contributed by atoms with van der Waals surface area (Å²) in [6.45, 7) is 1.48. The van der Waals surface area contributed by atoms with Crippen LogP contribution in [-0.4, -0.2) is 24.4 Å². The molecule has 2 rings (SSSR count). The fourth-order valence-electron chi connectivity index (χ4n) is 2.32. The molecule has 0 spiro atoms. The molecule has 0 heterocycles. The minimum Gasteiger partial charge on any atom is -0.376 e. The average molecular weight is 278 g/mol. The van der Waals surface area contributed by atoms with Gasteiger partial charge >= 0.3 is 0 Å². The molecule has 0 saturated heterocycles. The predicted molar refractivity (Wildman–Crippen MR) is 83.5 cm³/mol. The van der Waals surface area contributed by atoms with Crippen molar-refractivity contribution in [2.24, 2.45) is 0 Å². The lowest BCUT2D eigenvalue weighted by molar-refractivity contribution is 0.0319. The summed E-state index contributed by atoms with van der Waals surface area (Å²) in [5.41, 5.74) is 1.01. The van der Waals surface area contributed by atoms with Crippen molar-refractivity contribution in [1.82, 2.24) is 5.32 Å². The maximum absolute atomic E-state index is 5.83. The lowest BCUT2D eigenvalue weighted by atomic mass is 9.98. The molecule has 1 aromatic carbocycles. The van der Waals surface area contributed by atoms with Crippen molar-refractivity contribution in [3.05, 3.63) is 30.3 Å². The number of ether oxygens (including phenoxy) is 1. The molecule has 3 nitrogen and oxygen atoms in total. The van der Waals surface area contributed by atoms with Gasteiger partial charge in [-0.2, -0.15) is 0 Å². The van der Waals surface area contributed by atoms with Crippen LogP contribution in [0.4, 0.5) is 5.69 Å². The van der Waals surface area contributed by atoms with Crippen molar-refractivity contribution in [2.75, 3.05) is 18.5 Å². The van der Waals surface area contributed by atoms with E-state index >= 15 is 0 Å². The van der Waals surface area contributed by atoms with Gasteiger partial charge in [-0.25, -0.2) is 0 Å². The molecule has 1 aliphatic carbocycles. The van der Waals surface area contributed by atoms with E-state index in [4.69, 9.17) is 17.0 Å². The van der Waals surface area contributed by atoms with Crippen molar-refractivity contribution in [1.29, 1.82) is 0 Å². The molecule has 4 heteroatoms. The highest BCUT2D eigenvalue weighted by molar-refractivity contribution is 7.80. The molecule has 2 N–H and O–H groups in total. The highest BCUT2D eigenvalue weighted by atomic mass is 32.1. The van der Waals surface area contributed by atoms with Crippen LogP contribution in [0.5, 0.6) is 0 Å². The second-order valence-corrected chi connectivity index (χ2v) is 5.29. The maximum atomic E-state index is 5.83. The van der Waals surface area contributed by atoms with Crippen LogP contribution in [0.1, 0.15) is 32.1 Å².